The molecule has 3 N–H and O–H groups in total. The Kier molecular flexibility index (Phi) is 12.6. The predicted octanol–water partition coefficient (Wildman–Crippen LogP) is 6.83. The van der Waals surface area contributed by atoms with Crippen molar-refractivity contribution >= 4 is 75.3 Å². The summed E-state index contributed by atoms with van der Waals surface area (Å²) in [6.45, 7) is 9.52. The summed E-state index contributed by atoms with van der Waals surface area (Å²) in [6, 6.07) is 12.0. The van der Waals surface area contributed by atoms with Crippen LogP contribution in [0, 0.1) is 16.7 Å². The van der Waals surface area contributed by atoms with Crippen LogP contribution in [0.25, 0.3) is 0 Å². The third kappa shape index (κ3) is 9.61. The summed E-state index contributed by atoms with van der Waals surface area (Å²) in [5.74, 6) is -0.786. The number of anilines is 4. The van der Waals surface area contributed by atoms with E-state index in [1.54, 1.807) is 43.0 Å². The summed E-state index contributed by atoms with van der Waals surface area (Å²) < 4.78 is 47.5. The smallest absolute Gasteiger partial charge is 0.419 e. The van der Waals surface area contributed by atoms with Gasteiger partial charge in [-0.25, -0.2) is 4.98 Å². The molecule has 3 fully saturated rings. The number of thiocarbonyl (C=S) groups is 1. The number of imide groups is 1. The van der Waals surface area contributed by atoms with Crippen molar-refractivity contribution in [2.24, 2.45) is 5.41 Å². The molecule has 18 heteroatoms. The number of likely N-dealkylation sites (tertiary alicyclic amines) is 1. The van der Waals surface area contributed by atoms with Crippen molar-refractivity contribution in [1.29, 1.82) is 5.26 Å². The molecule has 3 saturated heterocycles. The maximum Gasteiger partial charge on any atom is 0.419 e. The highest BCUT2D eigenvalue weighted by Crippen LogP contribution is 2.41. The second kappa shape index (κ2) is 17.1. The molecule has 3 aromatic rings. The lowest BCUT2D eigenvalue weighted by Gasteiger charge is -2.39. The number of ether oxygens (including phenoxy) is 1. The average molecular weight is 853 g/mol. The summed E-state index contributed by atoms with van der Waals surface area (Å²) >= 11 is 12.0. The number of pyridine rings is 1. The van der Waals surface area contributed by atoms with Crippen molar-refractivity contribution in [3.05, 3.63) is 70.5 Å². The minimum atomic E-state index is -4.86. The van der Waals surface area contributed by atoms with Crippen molar-refractivity contribution in [2.45, 2.75) is 84.0 Å². The van der Waals surface area contributed by atoms with Crippen molar-refractivity contribution in [3.8, 4) is 11.8 Å². The predicted molar refractivity (Wildman–Crippen MR) is 220 cm³/mol. The van der Waals surface area contributed by atoms with Gasteiger partial charge in [-0.15, -0.1) is 0 Å². The first kappa shape index (κ1) is 43.3. The van der Waals surface area contributed by atoms with Crippen LogP contribution in [0.2, 0.25) is 5.02 Å². The first-order chi connectivity index (χ1) is 27.8. The molecule has 3 aliphatic rings. The van der Waals surface area contributed by atoms with Gasteiger partial charge in [-0.2, -0.15) is 18.4 Å². The van der Waals surface area contributed by atoms with Crippen molar-refractivity contribution in [2.75, 3.05) is 46.7 Å². The molecule has 0 saturated carbocycles. The molecule has 3 aliphatic heterocycles. The van der Waals surface area contributed by atoms with Crippen LogP contribution in [0.4, 0.5) is 35.9 Å². The number of piperidine rings is 2. The Balaban J connectivity index is 1.02. The number of halogens is 4. The number of carbonyl (C=O) groups excluding carboxylic acids is 4. The summed E-state index contributed by atoms with van der Waals surface area (Å²) in [5, 5.41) is 17.8. The first-order valence-corrected chi connectivity index (χ1v) is 20.0. The number of nitrogens with one attached hydrogen (secondary N) is 3. The van der Waals surface area contributed by atoms with Crippen LogP contribution in [0.5, 0.6) is 5.75 Å². The summed E-state index contributed by atoms with van der Waals surface area (Å²) in [7, 11) is 0. The molecular formula is C41H44ClF3N8O5S. The SMILES string of the molecule is CCc1cc(N2C(=S)N(c3cnc(C#N)c(C(F)(F)F)c3)C(=O)C2(C)C)ccc1OCCC1(C)CCN(CC(=O)Nc2cc(Cl)cc(NC3CCC(=O)NC3=O)c2)CC1. The Morgan fingerprint density at radius 3 is 2.46 bits per heavy atom. The van der Waals surface area contributed by atoms with Gasteiger partial charge in [0.25, 0.3) is 5.91 Å². The van der Waals surface area contributed by atoms with Gasteiger partial charge in [0.15, 0.2) is 10.8 Å². The first-order valence-electron chi connectivity index (χ1n) is 19.2. The van der Waals surface area contributed by atoms with E-state index in [-0.39, 0.29) is 41.0 Å². The Hall–Kier alpha value is -5.31. The van der Waals surface area contributed by atoms with E-state index in [4.69, 9.17) is 28.6 Å². The van der Waals surface area contributed by atoms with E-state index in [2.05, 4.69) is 32.8 Å². The monoisotopic (exact) mass is 852 g/mol. The largest absolute Gasteiger partial charge is 0.493 e. The third-order valence-electron chi connectivity index (χ3n) is 11.0. The molecular weight excluding hydrogens is 809 g/mol. The van der Waals surface area contributed by atoms with Crippen LogP contribution < -0.4 is 30.5 Å². The number of hydrogen-bond donors (Lipinski definition) is 3. The molecule has 6 rings (SSSR count). The molecule has 312 valence electrons. The number of aryl methyl sites for hydroxylation is 1. The van der Waals surface area contributed by atoms with E-state index in [1.807, 2.05) is 19.1 Å². The number of nitriles is 1. The average Bonchev–Trinajstić information content (AvgIpc) is 3.34. The number of rotatable bonds is 12. The molecule has 0 bridgehead atoms. The van der Waals surface area contributed by atoms with E-state index in [9.17, 15) is 37.6 Å². The zero-order chi connectivity index (χ0) is 42.9. The van der Waals surface area contributed by atoms with Crippen LogP contribution in [0.3, 0.4) is 0 Å². The van der Waals surface area contributed by atoms with E-state index >= 15 is 0 Å². The number of alkyl halides is 3. The minimum Gasteiger partial charge on any atom is -0.493 e. The summed E-state index contributed by atoms with van der Waals surface area (Å²) in [6.07, 6.45) is -0.162. The second-order valence-electron chi connectivity index (χ2n) is 15.8. The maximum absolute atomic E-state index is 13.7. The molecule has 4 amide bonds. The van der Waals surface area contributed by atoms with Crippen LogP contribution in [-0.4, -0.2) is 76.4 Å². The van der Waals surface area contributed by atoms with Gasteiger partial charge in [-0.05, 0) is 125 Å². The maximum atomic E-state index is 13.7. The van der Waals surface area contributed by atoms with Gasteiger partial charge in [-0.3, -0.25) is 34.3 Å². The standard InChI is InChI=1S/C41H44ClF3N8O5S/c1-5-24-16-28(53-38(59)52(37(57)39(53,2)3)29-20-30(41(43,44)45)32(21-46)47-22-29)6-8-33(24)58-15-12-40(4)10-13-51(14-11-40)23-35(55)49-27-18-25(42)17-26(19-27)48-31-7-9-34(54)50-36(31)56/h6,8,16-20,22,31,48H,5,7,9-15,23H2,1-4H3,(H,49,55)(H,50,54,56). The molecule has 0 radical (unpaired) electrons. The Labute approximate surface area is 350 Å². The number of hydrogen-bond acceptors (Lipinski definition) is 10. The lowest BCUT2D eigenvalue weighted by molar-refractivity contribution is -0.138. The third-order valence-corrected chi connectivity index (χ3v) is 11.6. The van der Waals surface area contributed by atoms with Gasteiger partial charge in [0.1, 0.15) is 23.4 Å². The highest BCUT2D eigenvalue weighted by Gasteiger charge is 2.51. The van der Waals surface area contributed by atoms with Crippen molar-refractivity contribution < 1.29 is 37.1 Å². The van der Waals surface area contributed by atoms with Gasteiger partial charge in [0.05, 0.1) is 30.6 Å². The van der Waals surface area contributed by atoms with Crippen molar-refractivity contribution in [3.63, 3.8) is 0 Å². The van der Waals surface area contributed by atoms with E-state index in [1.165, 1.54) is 6.07 Å². The highest BCUT2D eigenvalue weighted by atomic mass is 35.5. The van der Waals surface area contributed by atoms with Gasteiger partial charge in [-0.1, -0.05) is 25.4 Å². The molecule has 59 heavy (non-hydrogen) atoms. The van der Waals surface area contributed by atoms with Gasteiger partial charge in [0.2, 0.25) is 17.7 Å². The fourth-order valence-corrected chi connectivity index (χ4v) is 8.31. The van der Waals surface area contributed by atoms with Crippen LogP contribution in [0.15, 0.2) is 48.7 Å². The van der Waals surface area contributed by atoms with Crippen molar-refractivity contribution in [1.82, 2.24) is 15.2 Å². The number of aromatic nitrogens is 1. The van der Waals surface area contributed by atoms with Gasteiger partial charge < -0.3 is 20.3 Å². The number of nitrogens with zero attached hydrogens (tertiary/aromatic N) is 5. The zero-order valence-electron chi connectivity index (χ0n) is 33.0. The summed E-state index contributed by atoms with van der Waals surface area (Å²) in [4.78, 5) is 58.8. The molecule has 0 spiro atoms. The lowest BCUT2D eigenvalue weighted by atomic mass is 9.78. The quantitative estimate of drug-likeness (QED) is 0.130. The Bertz CT molecular complexity index is 2220. The molecule has 1 unspecified atom stereocenters. The fourth-order valence-electron chi connectivity index (χ4n) is 7.55. The molecule has 0 aliphatic carbocycles. The number of amides is 4. The lowest BCUT2D eigenvalue weighted by Crippen LogP contribution is -2.47. The second-order valence-corrected chi connectivity index (χ2v) is 16.6. The topological polar surface area (TPSA) is 160 Å². The number of carbonyl (C=O) groups is 4. The Morgan fingerprint density at radius 1 is 1.08 bits per heavy atom. The normalized spacial score (nSPS) is 19.3. The molecule has 13 nitrogen and oxygen atoms in total. The molecule has 2 aromatic carbocycles. The summed E-state index contributed by atoms with van der Waals surface area (Å²) in [5.41, 5.74) is -1.05. The number of benzene rings is 2. The zero-order valence-corrected chi connectivity index (χ0v) is 34.5. The molecule has 4 heterocycles. The Morgan fingerprint density at radius 2 is 1.80 bits per heavy atom. The van der Waals surface area contributed by atoms with E-state index in [0.717, 1.165) is 42.0 Å². The van der Waals surface area contributed by atoms with E-state index in [0.29, 0.717) is 60.4 Å². The molecule has 1 aromatic heterocycles. The highest BCUT2D eigenvalue weighted by molar-refractivity contribution is 7.81. The van der Waals surface area contributed by atoms with Crippen LogP contribution >= 0.6 is 23.8 Å². The van der Waals surface area contributed by atoms with Gasteiger partial charge in [0, 0.05) is 28.5 Å². The minimum absolute atomic E-state index is 0.0231. The molecule has 1 atom stereocenters. The van der Waals surface area contributed by atoms with Crippen LogP contribution in [0.1, 0.15) is 76.6 Å². The van der Waals surface area contributed by atoms with Gasteiger partial charge >= 0.3 is 6.18 Å². The fraction of sp³-hybridized carbons (Fsp3) is 0.439. The van der Waals surface area contributed by atoms with E-state index < -0.39 is 40.8 Å². The van der Waals surface area contributed by atoms with Crippen LogP contribution in [-0.2, 0) is 31.8 Å².